The summed E-state index contributed by atoms with van der Waals surface area (Å²) in [5.41, 5.74) is 0.989. The van der Waals surface area contributed by atoms with Crippen molar-refractivity contribution >= 4 is 17.1 Å². The lowest BCUT2D eigenvalue weighted by atomic mass is 10.3. The van der Waals surface area contributed by atoms with Gasteiger partial charge in [0.15, 0.2) is 17.3 Å². The van der Waals surface area contributed by atoms with Crippen LogP contribution in [-0.2, 0) is 0 Å². The normalized spacial score (nSPS) is 10.9. The van der Waals surface area contributed by atoms with Crippen molar-refractivity contribution in [3.63, 3.8) is 0 Å². The SMILES string of the molecule is Cc1[nH]c(-c2cc3cccnc3o2)nc1C(=O)O. The monoisotopic (exact) mass is 243 g/mol. The molecular weight excluding hydrogens is 234 g/mol. The third-order valence-electron chi connectivity index (χ3n) is 2.61. The van der Waals surface area contributed by atoms with Crippen LogP contribution in [0.3, 0.4) is 0 Å². The van der Waals surface area contributed by atoms with E-state index in [4.69, 9.17) is 9.52 Å². The highest BCUT2D eigenvalue weighted by Gasteiger charge is 2.16. The Balaban J connectivity index is 2.14. The Labute approximate surface area is 101 Å². The Bertz CT molecular complexity index is 709. The van der Waals surface area contributed by atoms with Crippen LogP contribution in [0, 0.1) is 6.92 Å². The van der Waals surface area contributed by atoms with E-state index < -0.39 is 5.97 Å². The molecule has 0 spiro atoms. The molecule has 0 aromatic carbocycles. The maximum atomic E-state index is 10.9. The number of aromatic carboxylic acids is 1. The van der Waals surface area contributed by atoms with Gasteiger partial charge in [-0.2, -0.15) is 0 Å². The molecule has 0 fully saturated rings. The number of imidazole rings is 1. The lowest BCUT2D eigenvalue weighted by Crippen LogP contribution is -1.98. The first-order chi connectivity index (χ1) is 8.65. The molecule has 0 aliphatic rings. The zero-order valence-corrected chi connectivity index (χ0v) is 9.47. The van der Waals surface area contributed by atoms with Crippen molar-refractivity contribution in [3.8, 4) is 11.6 Å². The standard InChI is InChI=1S/C12H9N3O3/c1-6-9(12(16)17)15-10(14-6)8-5-7-3-2-4-13-11(7)18-8/h2-5H,1H3,(H,14,15)(H,16,17). The van der Waals surface area contributed by atoms with Gasteiger partial charge in [0, 0.05) is 17.3 Å². The number of hydrogen-bond acceptors (Lipinski definition) is 4. The third kappa shape index (κ3) is 1.55. The molecule has 3 aromatic heterocycles. The second kappa shape index (κ2) is 3.69. The van der Waals surface area contributed by atoms with E-state index in [0.717, 1.165) is 5.39 Å². The summed E-state index contributed by atoms with van der Waals surface area (Å²) in [5.74, 6) is -0.202. The molecule has 90 valence electrons. The summed E-state index contributed by atoms with van der Waals surface area (Å²) in [6.45, 7) is 1.65. The first-order valence-corrected chi connectivity index (χ1v) is 5.30. The summed E-state index contributed by atoms with van der Waals surface area (Å²) in [7, 11) is 0. The number of carbonyl (C=O) groups is 1. The van der Waals surface area contributed by atoms with Gasteiger partial charge in [0.1, 0.15) is 0 Å². The number of H-pyrrole nitrogens is 1. The molecule has 0 saturated carbocycles. The number of carboxylic acid groups (broad SMARTS) is 1. The molecule has 0 aliphatic carbocycles. The van der Waals surface area contributed by atoms with Crippen LogP contribution in [-0.4, -0.2) is 26.0 Å². The molecule has 3 rings (SSSR count). The molecule has 6 nitrogen and oxygen atoms in total. The number of hydrogen-bond donors (Lipinski definition) is 2. The molecule has 0 saturated heterocycles. The maximum Gasteiger partial charge on any atom is 0.356 e. The second-order valence-electron chi connectivity index (χ2n) is 3.87. The van der Waals surface area contributed by atoms with Crippen LogP contribution in [0.4, 0.5) is 0 Å². The second-order valence-corrected chi connectivity index (χ2v) is 3.87. The Hall–Kier alpha value is -2.63. The average Bonchev–Trinajstić information content (AvgIpc) is 2.91. The van der Waals surface area contributed by atoms with Crippen LogP contribution in [0.25, 0.3) is 22.7 Å². The Morgan fingerprint density at radius 1 is 1.50 bits per heavy atom. The average molecular weight is 243 g/mol. The fourth-order valence-corrected chi connectivity index (χ4v) is 1.78. The summed E-state index contributed by atoms with van der Waals surface area (Å²) < 4.78 is 5.50. The highest BCUT2D eigenvalue weighted by Crippen LogP contribution is 2.25. The number of aromatic amines is 1. The Morgan fingerprint density at radius 3 is 3.00 bits per heavy atom. The minimum Gasteiger partial charge on any atom is -0.476 e. The highest BCUT2D eigenvalue weighted by molar-refractivity contribution is 5.87. The summed E-state index contributed by atoms with van der Waals surface area (Å²) >= 11 is 0. The zero-order chi connectivity index (χ0) is 12.7. The fourth-order valence-electron chi connectivity index (χ4n) is 1.78. The minimum absolute atomic E-state index is 0.00147. The number of fused-ring (bicyclic) bond motifs is 1. The molecule has 0 amide bonds. The van der Waals surface area contributed by atoms with E-state index in [1.54, 1.807) is 25.3 Å². The van der Waals surface area contributed by atoms with Gasteiger partial charge in [0.05, 0.1) is 0 Å². The first-order valence-electron chi connectivity index (χ1n) is 5.30. The van der Waals surface area contributed by atoms with E-state index in [1.807, 2.05) is 6.07 Å². The number of pyridine rings is 1. The Kier molecular flexibility index (Phi) is 2.16. The van der Waals surface area contributed by atoms with Gasteiger partial charge in [-0.3, -0.25) is 0 Å². The predicted octanol–water partition coefficient (Wildman–Crippen LogP) is 2.22. The molecule has 0 atom stereocenters. The summed E-state index contributed by atoms with van der Waals surface area (Å²) in [6, 6.07) is 5.44. The van der Waals surface area contributed by atoms with Crippen molar-refractivity contribution < 1.29 is 14.3 Å². The number of rotatable bonds is 2. The maximum absolute atomic E-state index is 10.9. The number of nitrogens with zero attached hydrogens (tertiary/aromatic N) is 2. The van der Waals surface area contributed by atoms with Gasteiger partial charge in [-0.05, 0) is 25.1 Å². The van der Waals surface area contributed by atoms with Gasteiger partial charge < -0.3 is 14.5 Å². The van der Waals surface area contributed by atoms with Crippen molar-refractivity contribution in [1.29, 1.82) is 0 Å². The number of aromatic nitrogens is 3. The van der Waals surface area contributed by atoms with Crippen LogP contribution in [0.15, 0.2) is 28.8 Å². The van der Waals surface area contributed by atoms with Gasteiger partial charge in [-0.15, -0.1) is 0 Å². The summed E-state index contributed by atoms with van der Waals surface area (Å²) in [6.07, 6.45) is 1.63. The number of nitrogens with one attached hydrogen (secondary N) is 1. The van der Waals surface area contributed by atoms with Gasteiger partial charge >= 0.3 is 5.97 Å². The van der Waals surface area contributed by atoms with E-state index >= 15 is 0 Å². The minimum atomic E-state index is -1.07. The molecule has 3 heterocycles. The lowest BCUT2D eigenvalue weighted by Gasteiger charge is -1.87. The highest BCUT2D eigenvalue weighted by atomic mass is 16.4. The quantitative estimate of drug-likeness (QED) is 0.720. The van der Waals surface area contributed by atoms with Crippen molar-refractivity contribution in [2.75, 3.05) is 0 Å². The lowest BCUT2D eigenvalue weighted by molar-refractivity contribution is 0.0690. The number of aryl methyl sites for hydroxylation is 1. The van der Waals surface area contributed by atoms with E-state index in [9.17, 15) is 4.79 Å². The van der Waals surface area contributed by atoms with E-state index in [1.165, 1.54) is 0 Å². The summed E-state index contributed by atoms with van der Waals surface area (Å²) in [4.78, 5) is 21.9. The van der Waals surface area contributed by atoms with Gasteiger partial charge in [-0.25, -0.2) is 14.8 Å². The van der Waals surface area contributed by atoms with Gasteiger partial charge in [0.25, 0.3) is 0 Å². The molecule has 6 heteroatoms. The molecular formula is C12H9N3O3. The van der Waals surface area contributed by atoms with Crippen molar-refractivity contribution in [2.45, 2.75) is 6.92 Å². The van der Waals surface area contributed by atoms with Crippen LogP contribution >= 0.6 is 0 Å². The number of carboxylic acids is 1. The number of furan rings is 1. The third-order valence-corrected chi connectivity index (χ3v) is 2.61. The summed E-state index contributed by atoms with van der Waals surface area (Å²) in [5, 5.41) is 9.79. The fraction of sp³-hybridized carbons (Fsp3) is 0.0833. The van der Waals surface area contributed by atoms with Crippen LogP contribution in [0.1, 0.15) is 16.2 Å². The van der Waals surface area contributed by atoms with Crippen molar-refractivity contribution in [1.82, 2.24) is 15.0 Å². The van der Waals surface area contributed by atoms with Gasteiger partial charge in [-0.1, -0.05) is 0 Å². The smallest absolute Gasteiger partial charge is 0.356 e. The van der Waals surface area contributed by atoms with E-state index in [0.29, 0.717) is 23.0 Å². The molecule has 3 aromatic rings. The predicted molar refractivity (Wildman–Crippen MR) is 63.3 cm³/mol. The molecule has 0 aliphatic heterocycles. The molecule has 18 heavy (non-hydrogen) atoms. The van der Waals surface area contributed by atoms with Crippen molar-refractivity contribution in [3.05, 3.63) is 35.8 Å². The topological polar surface area (TPSA) is 92.0 Å². The molecule has 0 radical (unpaired) electrons. The zero-order valence-electron chi connectivity index (χ0n) is 9.47. The van der Waals surface area contributed by atoms with E-state index in [2.05, 4.69) is 15.0 Å². The van der Waals surface area contributed by atoms with Crippen LogP contribution in [0.5, 0.6) is 0 Å². The largest absolute Gasteiger partial charge is 0.476 e. The molecule has 0 unspecified atom stereocenters. The van der Waals surface area contributed by atoms with Crippen LogP contribution in [0.2, 0.25) is 0 Å². The Morgan fingerprint density at radius 2 is 2.33 bits per heavy atom. The first kappa shape index (κ1) is 10.5. The van der Waals surface area contributed by atoms with Gasteiger partial charge in [0.2, 0.25) is 5.71 Å². The van der Waals surface area contributed by atoms with E-state index in [-0.39, 0.29) is 5.69 Å². The molecule has 0 bridgehead atoms. The van der Waals surface area contributed by atoms with Crippen molar-refractivity contribution in [2.24, 2.45) is 0 Å². The van der Waals surface area contributed by atoms with Crippen LogP contribution < -0.4 is 0 Å². The molecule has 2 N–H and O–H groups in total.